The average molecular weight is 267 g/mol. The van der Waals surface area contributed by atoms with Crippen LogP contribution in [0.15, 0.2) is 24.3 Å². The molecule has 0 unspecified atom stereocenters. The summed E-state index contributed by atoms with van der Waals surface area (Å²) in [4.78, 5) is 26.1. The zero-order valence-corrected chi connectivity index (χ0v) is 11.1. The molecule has 0 bridgehead atoms. The Morgan fingerprint density at radius 1 is 1.37 bits per heavy atom. The molecular weight excluding hydrogens is 250 g/mol. The fraction of sp³-hybridized carbons (Fsp3) is 0.417. The molecule has 0 radical (unpaired) electrons. The number of carbonyl (C=O) groups is 1. The van der Waals surface area contributed by atoms with Crippen molar-refractivity contribution in [1.29, 1.82) is 0 Å². The maximum atomic E-state index is 10.8. The summed E-state index contributed by atoms with van der Waals surface area (Å²) in [5.41, 5.74) is 3.10. The van der Waals surface area contributed by atoms with Gasteiger partial charge in [-0.1, -0.05) is 12.1 Å². The maximum Gasteiger partial charge on any atom is 0.269 e. The summed E-state index contributed by atoms with van der Waals surface area (Å²) in [6.45, 7) is 5.78. The molecule has 7 heteroatoms. The van der Waals surface area contributed by atoms with Gasteiger partial charge in [0, 0.05) is 18.7 Å². The second-order valence-corrected chi connectivity index (χ2v) is 4.89. The minimum atomic E-state index is -0.497. The molecule has 0 aliphatic rings. The third kappa shape index (κ3) is 5.45. The van der Waals surface area contributed by atoms with Gasteiger partial charge in [-0.25, -0.2) is 10.3 Å². The summed E-state index contributed by atoms with van der Waals surface area (Å²) in [5, 5.41) is 11.5. The Hall–Kier alpha value is -1.99. The second-order valence-electron chi connectivity index (χ2n) is 4.89. The van der Waals surface area contributed by atoms with E-state index in [1.165, 1.54) is 12.1 Å². The lowest BCUT2D eigenvalue weighted by molar-refractivity contribution is -0.384. The average Bonchev–Trinajstić information content (AvgIpc) is 2.33. The highest BCUT2D eigenvalue weighted by atomic mass is 16.7. The molecular formula is C12H17N3O4. The highest BCUT2D eigenvalue weighted by Crippen LogP contribution is 2.12. The van der Waals surface area contributed by atoms with Gasteiger partial charge in [-0.15, -0.1) is 0 Å². The van der Waals surface area contributed by atoms with E-state index in [0.717, 1.165) is 10.7 Å². The lowest BCUT2D eigenvalue weighted by atomic mass is 10.2. The molecule has 1 aromatic carbocycles. The lowest BCUT2D eigenvalue weighted by Crippen LogP contribution is -2.42. The minimum Gasteiger partial charge on any atom is -0.275 e. The summed E-state index contributed by atoms with van der Waals surface area (Å²) in [5.74, 6) is 0. The van der Waals surface area contributed by atoms with Gasteiger partial charge in [0.25, 0.3) is 5.69 Å². The van der Waals surface area contributed by atoms with Crippen LogP contribution in [-0.4, -0.2) is 22.1 Å². The molecule has 1 rings (SSSR count). The van der Waals surface area contributed by atoms with Crippen LogP contribution in [0.25, 0.3) is 0 Å². The van der Waals surface area contributed by atoms with Gasteiger partial charge in [0.05, 0.1) is 10.5 Å². The number of nitrogens with zero attached hydrogens (tertiary/aromatic N) is 2. The van der Waals surface area contributed by atoms with Gasteiger partial charge in [-0.2, -0.15) is 5.17 Å². The largest absolute Gasteiger partial charge is 0.275 e. The van der Waals surface area contributed by atoms with Crippen molar-refractivity contribution < 1.29 is 14.6 Å². The molecule has 0 aromatic heterocycles. The normalized spacial score (nSPS) is 11.1. The van der Waals surface area contributed by atoms with Crippen molar-refractivity contribution in [3.8, 4) is 0 Å². The highest BCUT2D eigenvalue weighted by molar-refractivity contribution is 5.44. The van der Waals surface area contributed by atoms with Crippen molar-refractivity contribution in [2.24, 2.45) is 0 Å². The topological polar surface area (TPSA) is 84.7 Å². The molecule has 1 amide bonds. The Morgan fingerprint density at radius 2 is 1.95 bits per heavy atom. The van der Waals surface area contributed by atoms with Crippen LogP contribution in [0.1, 0.15) is 26.3 Å². The van der Waals surface area contributed by atoms with Gasteiger partial charge in [-0.3, -0.25) is 14.9 Å². The van der Waals surface area contributed by atoms with Crippen LogP contribution < -0.4 is 5.43 Å². The molecule has 0 aliphatic carbocycles. The summed E-state index contributed by atoms with van der Waals surface area (Å²) >= 11 is 0. The van der Waals surface area contributed by atoms with Gasteiger partial charge in [0.2, 0.25) is 6.41 Å². The van der Waals surface area contributed by atoms with Crippen LogP contribution in [0.4, 0.5) is 5.69 Å². The van der Waals surface area contributed by atoms with Crippen molar-refractivity contribution in [2.75, 3.05) is 0 Å². The number of nitro groups is 1. The monoisotopic (exact) mass is 267 g/mol. The van der Waals surface area contributed by atoms with E-state index >= 15 is 0 Å². The standard InChI is InChI=1S/C12H17N3O4/c1-12(2,3)19-14(9-16)13-8-10-4-6-11(7-5-10)15(17)18/h4-7,9,13H,8H2,1-3H3. The fourth-order valence-corrected chi connectivity index (χ4v) is 1.29. The smallest absolute Gasteiger partial charge is 0.269 e. The van der Waals surface area contributed by atoms with E-state index in [0.29, 0.717) is 13.0 Å². The first-order valence-corrected chi connectivity index (χ1v) is 5.72. The molecule has 0 atom stereocenters. The van der Waals surface area contributed by atoms with E-state index in [9.17, 15) is 14.9 Å². The Labute approximate surface area is 111 Å². The van der Waals surface area contributed by atoms with Crippen molar-refractivity contribution in [2.45, 2.75) is 32.9 Å². The van der Waals surface area contributed by atoms with Crippen LogP contribution in [0.2, 0.25) is 0 Å². The van der Waals surface area contributed by atoms with E-state index < -0.39 is 10.5 Å². The number of benzene rings is 1. The van der Waals surface area contributed by atoms with Crippen molar-refractivity contribution in [3.63, 3.8) is 0 Å². The molecule has 0 fully saturated rings. The summed E-state index contributed by atoms with van der Waals surface area (Å²) < 4.78 is 0. The van der Waals surface area contributed by atoms with Crippen LogP contribution in [0.3, 0.4) is 0 Å². The maximum absolute atomic E-state index is 10.8. The minimum absolute atomic E-state index is 0.0296. The zero-order chi connectivity index (χ0) is 14.5. The SMILES string of the molecule is CC(C)(C)ON(C=O)NCc1ccc([N+](=O)[O-])cc1. The number of hydrazine groups is 1. The Morgan fingerprint density at radius 3 is 2.37 bits per heavy atom. The zero-order valence-electron chi connectivity index (χ0n) is 11.1. The van der Waals surface area contributed by atoms with Crippen LogP contribution in [0.5, 0.6) is 0 Å². The third-order valence-corrected chi connectivity index (χ3v) is 2.05. The number of hydrogen-bond donors (Lipinski definition) is 1. The predicted molar refractivity (Wildman–Crippen MR) is 68.7 cm³/mol. The van der Waals surface area contributed by atoms with E-state index in [1.54, 1.807) is 12.1 Å². The quantitative estimate of drug-likeness (QED) is 0.482. The fourth-order valence-electron chi connectivity index (χ4n) is 1.29. The number of nitro benzene ring substituents is 1. The molecule has 1 aromatic rings. The summed E-state index contributed by atoms with van der Waals surface area (Å²) in [6, 6.07) is 6.05. The molecule has 1 N–H and O–H groups in total. The number of hydroxylamine groups is 1. The molecule has 0 spiro atoms. The van der Waals surface area contributed by atoms with Crippen molar-refractivity contribution >= 4 is 12.1 Å². The second kappa shape index (κ2) is 6.26. The molecule has 0 heterocycles. The van der Waals surface area contributed by atoms with Crippen molar-refractivity contribution in [1.82, 2.24) is 10.6 Å². The van der Waals surface area contributed by atoms with Crippen molar-refractivity contribution in [3.05, 3.63) is 39.9 Å². The molecule has 7 nitrogen and oxygen atoms in total. The van der Waals surface area contributed by atoms with Gasteiger partial charge >= 0.3 is 0 Å². The first kappa shape index (κ1) is 15.1. The number of non-ortho nitro benzene ring substituents is 1. The summed E-state index contributed by atoms with van der Waals surface area (Å²) in [6.07, 6.45) is 0.524. The number of amides is 1. The number of rotatable bonds is 6. The highest BCUT2D eigenvalue weighted by Gasteiger charge is 2.15. The Kier molecular flexibility index (Phi) is 4.96. The molecule has 19 heavy (non-hydrogen) atoms. The molecule has 0 saturated carbocycles. The number of carbonyl (C=O) groups excluding carboxylic acids is 1. The number of hydrogen-bond acceptors (Lipinski definition) is 5. The van der Waals surface area contributed by atoms with Crippen LogP contribution >= 0.6 is 0 Å². The molecule has 104 valence electrons. The molecule has 0 aliphatic heterocycles. The Balaban J connectivity index is 2.55. The van der Waals surface area contributed by atoms with E-state index in [4.69, 9.17) is 4.84 Å². The Bertz CT molecular complexity index is 439. The van der Waals surface area contributed by atoms with Gasteiger partial charge in [-0.05, 0) is 26.3 Å². The first-order chi connectivity index (χ1) is 8.81. The van der Waals surface area contributed by atoms with Crippen LogP contribution in [0, 0.1) is 10.1 Å². The first-order valence-electron chi connectivity index (χ1n) is 5.72. The third-order valence-electron chi connectivity index (χ3n) is 2.05. The van der Waals surface area contributed by atoms with Gasteiger partial charge < -0.3 is 0 Å². The predicted octanol–water partition coefficient (Wildman–Crippen LogP) is 1.79. The van der Waals surface area contributed by atoms with Gasteiger partial charge in [0.1, 0.15) is 0 Å². The van der Waals surface area contributed by atoms with Crippen LogP contribution in [-0.2, 0) is 16.2 Å². The van der Waals surface area contributed by atoms with E-state index in [1.807, 2.05) is 20.8 Å². The molecule has 0 saturated heterocycles. The summed E-state index contributed by atoms with van der Waals surface area (Å²) in [7, 11) is 0. The number of nitrogens with one attached hydrogen (secondary N) is 1. The van der Waals surface area contributed by atoms with E-state index in [-0.39, 0.29) is 5.69 Å². The lowest BCUT2D eigenvalue weighted by Gasteiger charge is -2.26. The van der Waals surface area contributed by atoms with Gasteiger partial charge in [0.15, 0.2) is 0 Å². The van der Waals surface area contributed by atoms with E-state index in [2.05, 4.69) is 5.43 Å².